The van der Waals surface area contributed by atoms with Gasteiger partial charge in [0.1, 0.15) is 10.6 Å². The lowest BCUT2D eigenvalue weighted by molar-refractivity contribution is 0.0955. The number of carbonyl (C=O) groups is 1. The zero-order chi connectivity index (χ0) is 26.7. The Morgan fingerprint density at radius 1 is 1.08 bits per heavy atom. The highest BCUT2D eigenvalue weighted by atomic mass is 35.5. The second-order valence-electron chi connectivity index (χ2n) is 8.01. The Morgan fingerprint density at radius 2 is 1.76 bits per heavy atom. The maximum absolute atomic E-state index is 13.1. The summed E-state index contributed by atoms with van der Waals surface area (Å²) in [4.78, 5) is 39.3. The van der Waals surface area contributed by atoms with Crippen LogP contribution in [0, 0.1) is 0 Å². The van der Waals surface area contributed by atoms with Gasteiger partial charge in [0, 0.05) is 31.7 Å². The lowest BCUT2D eigenvalue weighted by Crippen LogP contribution is -2.41. The molecule has 13 heteroatoms. The molecule has 0 radical (unpaired) electrons. The zero-order valence-corrected chi connectivity index (χ0v) is 22.2. The summed E-state index contributed by atoms with van der Waals surface area (Å²) < 4.78 is 34.7. The van der Waals surface area contributed by atoms with Gasteiger partial charge in [-0.25, -0.2) is 17.9 Å². The molecule has 2 heterocycles. The summed E-state index contributed by atoms with van der Waals surface area (Å²) in [5.41, 5.74) is -0.351. The van der Waals surface area contributed by atoms with Crippen LogP contribution in [0.3, 0.4) is 0 Å². The van der Waals surface area contributed by atoms with Crippen molar-refractivity contribution in [2.24, 2.45) is 7.05 Å². The highest BCUT2D eigenvalue weighted by molar-refractivity contribution is 7.89. The highest BCUT2D eigenvalue weighted by Gasteiger charge is 2.19. The van der Waals surface area contributed by atoms with Crippen molar-refractivity contribution in [3.8, 4) is 5.75 Å². The Kier molecular flexibility index (Phi) is 7.83. The predicted molar refractivity (Wildman–Crippen MR) is 142 cm³/mol. The standard InChI is InChI=1S/C24H23ClN4O6S2/c1-28-23-19(13-20(36-23)21(30)26-14-15-3-7-17(35-2)8-4-15)22(31)29(24(28)32)12-11-27-37(33,34)18-9-5-16(25)6-10-18/h3-10,13,27H,11-12,14H2,1-2H3,(H,26,30). The Bertz CT molecular complexity index is 1670. The second kappa shape index (κ2) is 10.9. The zero-order valence-electron chi connectivity index (χ0n) is 19.9. The van der Waals surface area contributed by atoms with E-state index in [2.05, 4.69) is 10.0 Å². The summed E-state index contributed by atoms with van der Waals surface area (Å²) in [6, 6.07) is 14.3. The van der Waals surface area contributed by atoms with Gasteiger partial charge >= 0.3 is 5.69 Å². The van der Waals surface area contributed by atoms with E-state index in [-0.39, 0.29) is 40.7 Å². The van der Waals surface area contributed by atoms with Crippen LogP contribution in [0.25, 0.3) is 10.2 Å². The number of aromatic nitrogens is 2. The molecule has 0 saturated heterocycles. The van der Waals surface area contributed by atoms with Gasteiger partial charge < -0.3 is 10.1 Å². The maximum Gasteiger partial charge on any atom is 0.331 e. The minimum absolute atomic E-state index is 0.00994. The van der Waals surface area contributed by atoms with Crippen molar-refractivity contribution in [1.82, 2.24) is 19.2 Å². The summed E-state index contributed by atoms with van der Waals surface area (Å²) in [6.07, 6.45) is 0. The third-order valence-electron chi connectivity index (χ3n) is 5.60. The number of halogens is 1. The molecule has 2 N–H and O–H groups in total. The molecule has 0 aliphatic carbocycles. The van der Waals surface area contributed by atoms with Gasteiger partial charge in [-0.05, 0) is 48.0 Å². The van der Waals surface area contributed by atoms with Crippen LogP contribution < -0.4 is 26.0 Å². The largest absolute Gasteiger partial charge is 0.497 e. The number of methoxy groups -OCH3 is 1. The quantitative estimate of drug-likeness (QED) is 0.322. The summed E-state index contributed by atoms with van der Waals surface area (Å²) in [5, 5.41) is 3.39. The van der Waals surface area contributed by atoms with E-state index in [4.69, 9.17) is 16.3 Å². The molecule has 0 atom stereocenters. The fourth-order valence-corrected chi connectivity index (χ4v) is 5.76. The average molecular weight is 563 g/mol. The van der Waals surface area contributed by atoms with Gasteiger partial charge in [-0.15, -0.1) is 11.3 Å². The Balaban J connectivity index is 1.50. The highest BCUT2D eigenvalue weighted by Crippen LogP contribution is 2.22. The van der Waals surface area contributed by atoms with E-state index in [0.29, 0.717) is 15.6 Å². The number of nitrogens with zero attached hydrogens (tertiary/aromatic N) is 2. The van der Waals surface area contributed by atoms with Gasteiger partial charge in [0.05, 0.1) is 22.3 Å². The van der Waals surface area contributed by atoms with Gasteiger partial charge in [-0.3, -0.25) is 18.7 Å². The number of nitrogens with one attached hydrogen (secondary N) is 2. The predicted octanol–water partition coefficient (Wildman–Crippen LogP) is 2.33. The third-order valence-corrected chi connectivity index (χ3v) is 8.54. The lowest BCUT2D eigenvalue weighted by atomic mass is 10.2. The molecule has 37 heavy (non-hydrogen) atoms. The van der Waals surface area contributed by atoms with Crippen LogP contribution in [0.4, 0.5) is 0 Å². The number of ether oxygens (including phenoxy) is 1. The van der Waals surface area contributed by atoms with Crippen molar-refractivity contribution in [2.75, 3.05) is 13.7 Å². The van der Waals surface area contributed by atoms with E-state index in [9.17, 15) is 22.8 Å². The minimum Gasteiger partial charge on any atom is -0.497 e. The fraction of sp³-hybridized carbons (Fsp3) is 0.208. The van der Waals surface area contributed by atoms with Crippen molar-refractivity contribution in [1.29, 1.82) is 0 Å². The topological polar surface area (TPSA) is 128 Å². The Labute approximate surface area is 221 Å². The van der Waals surface area contributed by atoms with Crippen LogP contribution in [0.15, 0.2) is 69.1 Å². The molecule has 0 saturated carbocycles. The maximum atomic E-state index is 13.1. The summed E-state index contributed by atoms with van der Waals surface area (Å²) in [5.74, 6) is 0.320. The molecule has 0 bridgehead atoms. The Hall–Kier alpha value is -3.45. The van der Waals surface area contributed by atoms with E-state index in [1.54, 1.807) is 19.2 Å². The van der Waals surface area contributed by atoms with Crippen molar-refractivity contribution in [3.05, 3.63) is 90.9 Å². The van der Waals surface area contributed by atoms with E-state index in [1.165, 1.54) is 41.9 Å². The van der Waals surface area contributed by atoms with Gasteiger partial charge in [-0.1, -0.05) is 23.7 Å². The number of rotatable bonds is 9. The van der Waals surface area contributed by atoms with Crippen molar-refractivity contribution >= 4 is 49.1 Å². The van der Waals surface area contributed by atoms with E-state index in [1.807, 2.05) is 12.1 Å². The molecule has 0 spiro atoms. The molecule has 0 aliphatic heterocycles. The van der Waals surface area contributed by atoms with Crippen LogP contribution in [-0.4, -0.2) is 37.1 Å². The normalized spacial score (nSPS) is 11.5. The molecule has 0 fully saturated rings. The molecule has 4 rings (SSSR count). The molecule has 2 aromatic heterocycles. The van der Waals surface area contributed by atoms with Crippen molar-refractivity contribution in [3.63, 3.8) is 0 Å². The average Bonchev–Trinajstić information content (AvgIpc) is 3.35. The molecule has 194 valence electrons. The van der Waals surface area contributed by atoms with E-state index >= 15 is 0 Å². The molecule has 0 aliphatic rings. The van der Waals surface area contributed by atoms with Crippen LogP contribution in [0.2, 0.25) is 5.02 Å². The minimum atomic E-state index is -3.86. The molecule has 0 unspecified atom stereocenters. The first-order chi connectivity index (χ1) is 17.6. The van der Waals surface area contributed by atoms with Crippen LogP contribution in [0.5, 0.6) is 5.75 Å². The fourth-order valence-electron chi connectivity index (χ4n) is 3.59. The monoisotopic (exact) mass is 562 g/mol. The number of carbonyl (C=O) groups excluding carboxylic acids is 1. The number of aryl methyl sites for hydroxylation is 1. The lowest BCUT2D eigenvalue weighted by Gasteiger charge is -2.10. The SMILES string of the molecule is COc1ccc(CNC(=O)c2cc3c(=O)n(CCNS(=O)(=O)c4ccc(Cl)cc4)c(=O)n(C)c3s2)cc1. The summed E-state index contributed by atoms with van der Waals surface area (Å²) in [6.45, 7) is -0.109. The number of hydrogen-bond donors (Lipinski definition) is 2. The molecule has 2 aromatic carbocycles. The van der Waals surface area contributed by atoms with Crippen molar-refractivity contribution < 1.29 is 17.9 Å². The van der Waals surface area contributed by atoms with Gasteiger partial charge in [-0.2, -0.15) is 0 Å². The number of fused-ring (bicyclic) bond motifs is 1. The molecule has 4 aromatic rings. The van der Waals surface area contributed by atoms with E-state index in [0.717, 1.165) is 21.5 Å². The van der Waals surface area contributed by atoms with Crippen LogP contribution >= 0.6 is 22.9 Å². The van der Waals surface area contributed by atoms with Crippen LogP contribution in [0.1, 0.15) is 15.2 Å². The van der Waals surface area contributed by atoms with Gasteiger partial charge in [0.15, 0.2) is 0 Å². The first-order valence-electron chi connectivity index (χ1n) is 11.0. The molecule has 1 amide bonds. The number of hydrogen-bond acceptors (Lipinski definition) is 7. The first-order valence-corrected chi connectivity index (χ1v) is 13.7. The number of benzene rings is 2. The smallest absolute Gasteiger partial charge is 0.331 e. The number of thiophene rings is 1. The Morgan fingerprint density at radius 3 is 2.41 bits per heavy atom. The third kappa shape index (κ3) is 5.77. The van der Waals surface area contributed by atoms with Gasteiger partial charge in [0.25, 0.3) is 11.5 Å². The van der Waals surface area contributed by atoms with Crippen molar-refractivity contribution in [2.45, 2.75) is 18.0 Å². The first kappa shape index (κ1) is 26.6. The second-order valence-corrected chi connectivity index (χ2v) is 11.2. The molecular weight excluding hydrogens is 540 g/mol. The van der Waals surface area contributed by atoms with Crippen LogP contribution in [-0.2, 0) is 30.2 Å². The number of sulfonamides is 1. The molecule has 10 nitrogen and oxygen atoms in total. The summed E-state index contributed by atoms with van der Waals surface area (Å²) in [7, 11) is -0.794. The summed E-state index contributed by atoms with van der Waals surface area (Å²) >= 11 is 6.83. The van der Waals surface area contributed by atoms with Gasteiger partial charge in [0.2, 0.25) is 10.0 Å². The number of amides is 1. The van der Waals surface area contributed by atoms with E-state index < -0.39 is 21.3 Å². The molecular formula is C24H23ClN4O6S2.